The first-order chi connectivity index (χ1) is 34.3. The average molecular weight is 955 g/mol. The number of para-hydroxylation sites is 4. The maximum absolute atomic E-state index is 10.5. The Morgan fingerprint density at radius 3 is 0.729 bits per heavy atom. The fraction of sp³-hybridized carbons (Fsp3) is 0.500. The standard InChI is InChI=1S/2C28H42O.C8H6O4/c2*1-3-5-7-9-11-13-19-25-21-15-17-23-27(25)29-28-24-18-16-22-26(28)20-14-12-10-8-6-4-2;9-7(10)5-3-1-2-4-6(5)8(11)12/h2*15-18,21-24H,3-14,19-20H2,1-2H3;1-4H,(H,9,10)(H,11,12). The largest absolute Gasteiger partial charge is 0.478 e. The highest BCUT2D eigenvalue weighted by Crippen LogP contribution is 2.32. The summed E-state index contributed by atoms with van der Waals surface area (Å²) >= 11 is 0. The van der Waals surface area contributed by atoms with E-state index in [1.165, 1.54) is 201 Å². The van der Waals surface area contributed by atoms with E-state index in [9.17, 15) is 9.59 Å². The van der Waals surface area contributed by atoms with Crippen LogP contribution in [-0.4, -0.2) is 22.2 Å². The van der Waals surface area contributed by atoms with Crippen LogP contribution in [0.3, 0.4) is 0 Å². The van der Waals surface area contributed by atoms with Gasteiger partial charge < -0.3 is 19.7 Å². The van der Waals surface area contributed by atoms with Gasteiger partial charge in [0.1, 0.15) is 23.0 Å². The van der Waals surface area contributed by atoms with Gasteiger partial charge in [0.15, 0.2) is 0 Å². The molecule has 6 heteroatoms. The first-order valence-corrected chi connectivity index (χ1v) is 27.6. The number of hydrogen-bond donors (Lipinski definition) is 2. The Labute approximate surface area is 424 Å². The first kappa shape index (κ1) is 59.0. The minimum atomic E-state index is -1.23. The van der Waals surface area contributed by atoms with Gasteiger partial charge in [0.05, 0.1) is 11.1 Å². The van der Waals surface area contributed by atoms with Gasteiger partial charge in [0.25, 0.3) is 0 Å². The molecular weight excluding hydrogens is 865 g/mol. The molecule has 0 amide bonds. The first-order valence-electron chi connectivity index (χ1n) is 27.6. The minimum absolute atomic E-state index is 0.190. The highest BCUT2D eigenvalue weighted by molar-refractivity contribution is 6.01. The zero-order valence-electron chi connectivity index (χ0n) is 43.9. The summed E-state index contributed by atoms with van der Waals surface area (Å²) in [5, 5.41) is 17.1. The molecule has 5 rings (SSSR count). The number of carboxylic acid groups (broad SMARTS) is 2. The van der Waals surface area contributed by atoms with Gasteiger partial charge in [-0.1, -0.05) is 241 Å². The molecule has 0 saturated carbocycles. The monoisotopic (exact) mass is 955 g/mol. The lowest BCUT2D eigenvalue weighted by molar-refractivity contribution is 0.0651. The van der Waals surface area contributed by atoms with Crippen molar-refractivity contribution in [2.75, 3.05) is 0 Å². The summed E-state index contributed by atoms with van der Waals surface area (Å²) in [6.07, 6.45) is 36.4. The van der Waals surface area contributed by atoms with Crippen molar-refractivity contribution >= 4 is 11.9 Å². The van der Waals surface area contributed by atoms with E-state index in [-0.39, 0.29) is 11.1 Å². The molecule has 0 bridgehead atoms. The van der Waals surface area contributed by atoms with Crippen molar-refractivity contribution in [2.45, 2.75) is 207 Å². The Morgan fingerprint density at radius 2 is 0.500 bits per heavy atom. The number of aromatic carboxylic acids is 2. The number of aryl methyl sites for hydroxylation is 4. The van der Waals surface area contributed by atoms with Crippen LogP contribution in [-0.2, 0) is 25.7 Å². The van der Waals surface area contributed by atoms with E-state index < -0.39 is 11.9 Å². The summed E-state index contributed by atoms with van der Waals surface area (Å²) in [6, 6.07) is 39.9. The van der Waals surface area contributed by atoms with Crippen molar-refractivity contribution in [3.05, 3.63) is 155 Å². The second-order valence-electron chi connectivity index (χ2n) is 18.9. The number of ether oxygens (including phenoxy) is 2. The quantitative estimate of drug-likeness (QED) is 0.0399. The second kappa shape index (κ2) is 38.4. The van der Waals surface area contributed by atoms with Crippen LogP contribution in [0.4, 0.5) is 0 Å². The van der Waals surface area contributed by atoms with Gasteiger partial charge in [-0.3, -0.25) is 0 Å². The Bertz CT molecular complexity index is 1860. The highest BCUT2D eigenvalue weighted by atomic mass is 16.5. The predicted octanol–water partition coefficient (Wildman–Crippen LogP) is 19.7. The summed E-state index contributed by atoms with van der Waals surface area (Å²) in [5.74, 6) is 1.70. The third-order valence-corrected chi connectivity index (χ3v) is 12.9. The van der Waals surface area contributed by atoms with E-state index >= 15 is 0 Å². The Kier molecular flexibility index (Phi) is 32.3. The van der Waals surface area contributed by atoms with Crippen molar-refractivity contribution in [3.8, 4) is 23.0 Å². The van der Waals surface area contributed by atoms with Crippen molar-refractivity contribution in [3.63, 3.8) is 0 Å². The number of carboxylic acids is 2. The molecule has 0 spiro atoms. The molecule has 382 valence electrons. The normalized spacial score (nSPS) is 10.7. The van der Waals surface area contributed by atoms with Crippen LogP contribution in [0, 0.1) is 0 Å². The molecule has 0 fully saturated rings. The second-order valence-corrected chi connectivity index (χ2v) is 18.9. The van der Waals surface area contributed by atoms with E-state index in [0.717, 1.165) is 48.7 Å². The van der Waals surface area contributed by atoms with Crippen LogP contribution < -0.4 is 9.47 Å². The number of rotatable bonds is 34. The molecule has 5 aromatic rings. The number of benzene rings is 5. The molecule has 0 radical (unpaired) electrons. The lowest BCUT2D eigenvalue weighted by Crippen LogP contribution is -2.06. The molecule has 0 saturated heterocycles. The molecule has 5 aromatic carbocycles. The molecule has 70 heavy (non-hydrogen) atoms. The van der Waals surface area contributed by atoms with Gasteiger partial charge in [-0.2, -0.15) is 0 Å². The summed E-state index contributed by atoms with van der Waals surface area (Å²) in [5.41, 5.74) is 5.00. The number of hydrogen-bond acceptors (Lipinski definition) is 4. The van der Waals surface area contributed by atoms with Gasteiger partial charge in [-0.15, -0.1) is 0 Å². The van der Waals surface area contributed by atoms with Crippen LogP contribution in [0.25, 0.3) is 0 Å². The lowest BCUT2D eigenvalue weighted by Gasteiger charge is -2.14. The maximum atomic E-state index is 10.5. The van der Waals surface area contributed by atoms with Crippen LogP contribution in [0.2, 0.25) is 0 Å². The Morgan fingerprint density at radius 1 is 0.300 bits per heavy atom. The molecule has 0 atom stereocenters. The van der Waals surface area contributed by atoms with Crippen molar-refractivity contribution in [1.82, 2.24) is 0 Å². The lowest BCUT2D eigenvalue weighted by atomic mass is 10.0. The molecule has 0 unspecified atom stereocenters. The van der Waals surface area contributed by atoms with Gasteiger partial charge in [-0.25, -0.2) is 9.59 Å². The Hall–Kier alpha value is -5.36. The number of unbranched alkanes of at least 4 members (excludes halogenated alkanes) is 20. The highest BCUT2D eigenvalue weighted by Gasteiger charge is 2.14. The maximum Gasteiger partial charge on any atom is 0.336 e. The predicted molar refractivity (Wildman–Crippen MR) is 295 cm³/mol. The summed E-state index contributed by atoms with van der Waals surface area (Å²) in [4.78, 5) is 20.9. The molecule has 0 aromatic heterocycles. The number of carbonyl (C=O) groups is 2. The van der Waals surface area contributed by atoms with Gasteiger partial charge >= 0.3 is 11.9 Å². The van der Waals surface area contributed by atoms with Crippen LogP contribution >= 0.6 is 0 Å². The molecule has 0 aliphatic carbocycles. The zero-order valence-corrected chi connectivity index (χ0v) is 43.9. The molecule has 0 aliphatic heterocycles. The van der Waals surface area contributed by atoms with Crippen molar-refractivity contribution in [1.29, 1.82) is 0 Å². The topological polar surface area (TPSA) is 93.1 Å². The van der Waals surface area contributed by atoms with E-state index in [1.54, 1.807) is 0 Å². The molecule has 0 heterocycles. The van der Waals surface area contributed by atoms with E-state index in [1.807, 2.05) is 0 Å². The third-order valence-electron chi connectivity index (χ3n) is 12.9. The fourth-order valence-corrected chi connectivity index (χ4v) is 8.72. The smallest absolute Gasteiger partial charge is 0.336 e. The summed E-state index contributed by atoms with van der Waals surface area (Å²) in [6.45, 7) is 9.10. The van der Waals surface area contributed by atoms with Gasteiger partial charge in [0.2, 0.25) is 0 Å². The zero-order chi connectivity index (χ0) is 50.3. The van der Waals surface area contributed by atoms with Gasteiger partial charge in [-0.05, 0) is 110 Å². The molecule has 0 aliphatic rings. The SMILES string of the molecule is CCCCCCCCc1ccccc1Oc1ccccc1CCCCCCCC.CCCCCCCCc1ccccc1Oc1ccccc1CCCCCCCC.O=C(O)c1ccccc1C(=O)O. The van der Waals surface area contributed by atoms with E-state index in [2.05, 4.69) is 125 Å². The molecule has 6 nitrogen and oxygen atoms in total. The van der Waals surface area contributed by atoms with Crippen LogP contribution in [0.5, 0.6) is 23.0 Å². The summed E-state index contributed by atoms with van der Waals surface area (Å²) in [7, 11) is 0. The van der Waals surface area contributed by atoms with Crippen LogP contribution in [0.15, 0.2) is 121 Å². The van der Waals surface area contributed by atoms with Crippen molar-refractivity contribution in [2.24, 2.45) is 0 Å². The Balaban J connectivity index is 0.000000301. The minimum Gasteiger partial charge on any atom is -0.478 e. The summed E-state index contributed by atoms with van der Waals surface area (Å²) < 4.78 is 12.9. The molecule has 2 N–H and O–H groups in total. The van der Waals surface area contributed by atoms with E-state index in [4.69, 9.17) is 19.7 Å². The fourth-order valence-electron chi connectivity index (χ4n) is 8.72. The van der Waals surface area contributed by atoms with E-state index in [0.29, 0.717) is 0 Å². The van der Waals surface area contributed by atoms with Crippen molar-refractivity contribution < 1.29 is 29.3 Å². The average Bonchev–Trinajstić information content (AvgIpc) is 3.38. The van der Waals surface area contributed by atoms with Crippen LogP contribution in [0.1, 0.15) is 225 Å². The third kappa shape index (κ3) is 25.0. The molecular formula is C64H90O6. The van der Waals surface area contributed by atoms with Gasteiger partial charge in [0, 0.05) is 0 Å².